The first-order valence-corrected chi connectivity index (χ1v) is 6.32. The molecule has 0 aliphatic heterocycles. The molecule has 0 atom stereocenters. The smallest absolute Gasteiger partial charge is 0.232 e. The molecule has 0 heterocycles. The van der Waals surface area contributed by atoms with Crippen LogP contribution >= 0.6 is 11.6 Å². The Bertz CT molecular complexity index is 202. The zero-order chi connectivity index (χ0) is 12.4. The van der Waals surface area contributed by atoms with Crippen molar-refractivity contribution < 1.29 is 9.59 Å². The summed E-state index contributed by atoms with van der Waals surface area (Å²) in [5, 5.41) is 5.43. The monoisotopic (exact) mass is 248 g/mol. The van der Waals surface area contributed by atoms with E-state index in [-0.39, 0.29) is 11.8 Å². The van der Waals surface area contributed by atoms with Gasteiger partial charge in [-0.15, -0.1) is 11.6 Å². The van der Waals surface area contributed by atoms with Crippen LogP contribution in [0.3, 0.4) is 0 Å². The van der Waals surface area contributed by atoms with Crippen molar-refractivity contribution in [2.45, 2.75) is 33.1 Å². The fraction of sp³-hybridized carbons (Fsp3) is 0.818. The molecule has 0 spiro atoms. The fourth-order valence-corrected chi connectivity index (χ4v) is 1.45. The highest BCUT2D eigenvalue weighted by Crippen LogP contribution is 2.05. The number of alkyl halides is 1. The number of carbonyl (C=O) groups is 2. The topological polar surface area (TPSA) is 58.2 Å². The maximum absolute atomic E-state index is 11.7. The summed E-state index contributed by atoms with van der Waals surface area (Å²) < 4.78 is 0. The van der Waals surface area contributed by atoms with Crippen LogP contribution in [0.5, 0.6) is 0 Å². The highest BCUT2D eigenvalue weighted by Gasteiger charge is 2.24. The first-order chi connectivity index (χ1) is 7.67. The van der Waals surface area contributed by atoms with Crippen LogP contribution in [0, 0.1) is 5.92 Å². The van der Waals surface area contributed by atoms with E-state index in [2.05, 4.69) is 10.6 Å². The molecule has 0 aliphatic rings. The van der Waals surface area contributed by atoms with Crippen molar-refractivity contribution in [3.05, 3.63) is 0 Å². The lowest BCUT2D eigenvalue weighted by atomic mass is 10.0. The Labute approximate surface area is 102 Å². The largest absolute Gasteiger partial charge is 0.355 e. The third-order valence-electron chi connectivity index (χ3n) is 2.13. The minimum atomic E-state index is -0.657. The van der Waals surface area contributed by atoms with Gasteiger partial charge in [-0.2, -0.15) is 0 Å². The van der Waals surface area contributed by atoms with E-state index in [4.69, 9.17) is 11.6 Å². The number of amides is 2. The van der Waals surface area contributed by atoms with Crippen molar-refractivity contribution in [1.82, 2.24) is 10.6 Å². The molecule has 0 radical (unpaired) electrons. The summed E-state index contributed by atoms with van der Waals surface area (Å²) >= 11 is 5.59. The highest BCUT2D eigenvalue weighted by molar-refractivity contribution is 6.18. The van der Waals surface area contributed by atoms with Gasteiger partial charge in [-0.05, 0) is 19.3 Å². The predicted octanol–water partition coefficient (Wildman–Crippen LogP) is 1.28. The van der Waals surface area contributed by atoms with E-state index in [1.54, 1.807) is 0 Å². The molecule has 2 N–H and O–H groups in total. The maximum Gasteiger partial charge on any atom is 0.232 e. The van der Waals surface area contributed by atoms with Gasteiger partial charge >= 0.3 is 0 Å². The zero-order valence-electron chi connectivity index (χ0n) is 10.0. The number of nitrogens with one attached hydrogen (secondary N) is 2. The average Bonchev–Trinajstić information content (AvgIpc) is 2.29. The Morgan fingerprint density at radius 3 is 1.81 bits per heavy atom. The minimum absolute atomic E-state index is 0.226. The quantitative estimate of drug-likeness (QED) is 0.502. The lowest BCUT2D eigenvalue weighted by Gasteiger charge is -2.15. The highest BCUT2D eigenvalue weighted by atomic mass is 35.5. The van der Waals surface area contributed by atoms with Crippen LogP contribution in [0.2, 0.25) is 0 Å². The van der Waals surface area contributed by atoms with Gasteiger partial charge in [0.15, 0.2) is 0 Å². The maximum atomic E-state index is 11.7. The second-order valence-corrected chi connectivity index (χ2v) is 3.99. The van der Waals surface area contributed by atoms with Gasteiger partial charge in [-0.25, -0.2) is 0 Å². The van der Waals surface area contributed by atoms with Crippen molar-refractivity contribution in [2.75, 3.05) is 19.0 Å². The standard InChI is InChI=1S/C11H21ClN2O2/c1-3-7-13-10(15)9(5-6-12)11(16)14-8-4-2/h9H,3-8H2,1-2H3,(H,13,15)(H,14,16). The van der Waals surface area contributed by atoms with Gasteiger partial charge in [-0.3, -0.25) is 9.59 Å². The molecule has 0 aliphatic carbocycles. The minimum Gasteiger partial charge on any atom is -0.355 e. The van der Waals surface area contributed by atoms with Crippen LogP contribution in [0.15, 0.2) is 0 Å². The van der Waals surface area contributed by atoms with Crippen LogP contribution in [0.25, 0.3) is 0 Å². The van der Waals surface area contributed by atoms with E-state index in [0.29, 0.717) is 25.4 Å². The van der Waals surface area contributed by atoms with Crippen LogP contribution < -0.4 is 10.6 Å². The third-order valence-corrected chi connectivity index (χ3v) is 2.35. The number of hydrogen-bond donors (Lipinski definition) is 2. The van der Waals surface area contributed by atoms with Gasteiger partial charge in [0.2, 0.25) is 11.8 Å². The molecule has 0 rings (SSSR count). The lowest BCUT2D eigenvalue weighted by Crippen LogP contribution is -2.42. The van der Waals surface area contributed by atoms with Crippen LogP contribution in [-0.2, 0) is 9.59 Å². The molecule has 0 unspecified atom stereocenters. The van der Waals surface area contributed by atoms with E-state index >= 15 is 0 Å². The second kappa shape index (κ2) is 9.46. The van der Waals surface area contributed by atoms with Gasteiger partial charge in [0, 0.05) is 19.0 Å². The van der Waals surface area contributed by atoms with Gasteiger partial charge < -0.3 is 10.6 Å². The van der Waals surface area contributed by atoms with E-state index in [1.165, 1.54) is 0 Å². The normalized spacial score (nSPS) is 10.2. The molecule has 0 aromatic heterocycles. The van der Waals surface area contributed by atoms with Crippen molar-refractivity contribution in [3.8, 4) is 0 Å². The zero-order valence-corrected chi connectivity index (χ0v) is 10.8. The number of halogens is 1. The van der Waals surface area contributed by atoms with E-state index in [0.717, 1.165) is 12.8 Å². The van der Waals surface area contributed by atoms with Crippen LogP contribution in [-0.4, -0.2) is 30.8 Å². The Kier molecular flexibility index (Phi) is 9.00. The number of rotatable bonds is 8. The number of carbonyl (C=O) groups excluding carboxylic acids is 2. The summed E-state index contributed by atoms with van der Waals surface area (Å²) in [6, 6.07) is 0. The molecule has 4 nitrogen and oxygen atoms in total. The molecular formula is C11H21ClN2O2. The summed E-state index contributed by atoms with van der Waals surface area (Å²) in [4.78, 5) is 23.3. The molecule has 0 aromatic rings. The van der Waals surface area contributed by atoms with Gasteiger partial charge in [0.05, 0.1) is 0 Å². The Hall–Kier alpha value is -0.770. The first-order valence-electron chi connectivity index (χ1n) is 5.78. The van der Waals surface area contributed by atoms with Crippen molar-refractivity contribution in [3.63, 3.8) is 0 Å². The Morgan fingerprint density at radius 1 is 1.06 bits per heavy atom. The first kappa shape index (κ1) is 15.2. The van der Waals surface area contributed by atoms with Crippen molar-refractivity contribution in [2.24, 2.45) is 5.92 Å². The molecule has 94 valence electrons. The Morgan fingerprint density at radius 2 is 1.50 bits per heavy atom. The third kappa shape index (κ3) is 5.95. The molecule has 0 saturated heterocycles. The Balaban J connectivity index is 4.22. The summed E-state index contributed by atoms with van der Waals surface area (Å²) in [6.07, 6.45) is 2.10. The molecule has 5 heteroatoms. The van der Waals surface area contributed by atoms with Crippen molar-refractivity contribution >= 4 is 23.4 Å². The summed E-state index contributed by atoms with van der Waals surface area (Å²) in [5.41, 5.74) is 0. The average molecular weight is 249 g/mol. The lowest BCUT2D eigenvalue weighted by molar-refractivity contribution is -0.135. The molecule has 0 aromatic carbocycles. The molecule has 2 amide bonds. The summed E-state index contributed by atoms with van der Waals surface area (Å²) in [7, 11) is 0. The molecule has 0 saturated carbocycles. The molecule has 16 heavy (non-hydrogen) atoms. The van der Waals surface area contributed by atoms with Crippen LogP contribution in [0.4, 0.5) is 0 Å². The van der Waals surface area contributed by atoms with E-state index < -0.39 is 5.92 Å². The second-order valence-electron chi connectivity index (χ2n) is 3.61. The SMILES string of the molecule is CCCNC(=O)C(CCCl)C(=O)NCCC. The molecule has 0 fully saturated rings. The number of hydrogen-bond acceptors (Lipinski definition) is 2. The van der Waals surface area contributed by atoms with E-state index in [1.807, 2.05) is 13.8 Å². The van der Waals surface area contributed by atoms with Crippen LogP contribution in [0.1, 0.15) is 33.1 Å². The van der Waals surface area contributed by atoms with Gasteiger partial charge in [0.25, 0.3) is 0 Å². The van der Waals surface area contributed by atoms with Gasteiger partial charge in [0.1, 0.15) is 5.92 Å². The predicted molar refractivity (Wildman–Crippen MR) is 65.4 cm³/mol. The van der Waals surface area contributed by atoms with Crippen molar-refractivity contribution in [1.29, 1.82) is 0 Å². The molecule has 0 bridgehead atoms. The fourth-order valence-electron chi connectivity index (χ4n) is 1.23. The molecular weight excluding hydrogens is 228 g/mol. The van der Waals surface area contributed by atoms with E-state index in [9.17, 15) is 9.59 Å². The summed E-state index contributed by atoms with van der Waals surface area (Å²) in [5.74, 6) is -0.799. The summed E-state index contributed by atoms with van der Waals surface area (Å²) in [6.45, 7) is 5.12. The van der Waals surface area contributed by atoms with Gasteiger partial charge in [-0.1, -0.05) is 13.8 Å².